The average molecular weight is 232 g/mol. The fourth-order valence-corrected chi connectivity index (χ4v) is 1.46. The van der Waals surface area contributed by atoms with Gasteiger partial charge in [-0.25, -0.2) is 4.39 Å². The number of benzene rings is 1. The Bertz CT molecular complexity index is 317. The van der Waals surface area contributed by atoms with Gasteiger partial charge in [0.25, 0.3) is 0 Å². The summed E-state index contributed by atoms with van der Waals surface area (Å²) in [6.45, 7) is 2.84. The Kier molecular flexibility index (Phi) is 5.02. The molecular weight excluding hydrogens is 217 g/mol. The number of nitrogens with one attached hydrogen (secondary N) is 1. The van der Waals surface area contributed by atoms with Gasteiger partial charge in [-0.05, 0) is 43.7 Å². The molecule has 2 nitrogen and oxygen atoms in total. The molecule has 0 bridgehead atoms. The molecule has 0 aromatic heterocycles. The van der Waals surface area contributed by atoms with Crippen LogP contribution in [0.5, 0.6) is 0 Å². The standard InChI is InChI=1S/C11H15ClFNO/c1-8(15)7-14-5-4-9-6-10(12)2-3-11(9)13/h2-3,6,8,14-15H,4-5,7H2,1H3. The molecule has 0 aliphatic heterocycles. The van der Waals surface area contributed by atoms with E-state index in [1.54, 1.807) is 13.0 Å². The van der Waals surface area contributed by atoms with Crippen molar-refractivity contribution in [2.45, 2.75) is 19.4 Å². The van der Waals surface area contributed by atoms with Crippen molar-refractivity contribution in [2.75, 3.05) is 13.1 Å². The molecule has 1 rings (SSSR count). The minimum atomic E-state index is -0.380. The highest BCUT2D eigenvalue weighted by molar-refractivity contribution is 6.30. The van der Waals surface area contributed by atoms with Gasteiger partial charge in [0.15, 0.2) is 0 Å². The average Bonchev–Trinajstić information content (AvgIpc) is 2.17. The zero-order valence-electron chi connectivity index (χ0n) is 8.63. The number of hydrogen-bond donors (Lipinski definition) is 2. The van der Waals surface area contributed by atoms with Crippen LogP contribution in [0.4, 0.5) is 4.39 Å². The summed E-state index contributed by atoms with van der Waals surface area (Å²) in [7, 11) is 0. The Balaban J connectivity index is 2.40. The summed E-state index contributed by atoms with van der Waals surface area (Å²) in [4.78, 5) is 0. The van der Waals surface area contributed by atoms with Gasteiger partial charge >= 0.3 is 0 Å². The van der Waals surface area contributed by atoms with E-state index < -0.39 is 0 Å². The normalized spacial score (nSPS) is 12.8. The molecule has 4 heteroatoms. The maximum atomic E-state index is 13.2. The van der Waals surface area contributed by atoms with Gasteiger partial charge in [0.1, 0.15) is 5.82 Å². The zero-order chi connectivity index (χ0) is 11.3. The van der Waals surface area contributed by atoms with Crippen LogP contribution in [0.15, 0.2) is 18.2 Å². The maximum Gasteiger partial charge on any atom is 0.126 e. The number of rotatable bonds is 5. The van der Waals surface area contributed by atoms with Crippen molar-refractivity contribution in [3.8, 4) is 0 Å². The van der Waals surface area contributed by atoms with Crippen molar-refractivity contribution in [1.29, 1.82) is 0 Å². The van der Waals surface area contributed by atoms with Crippen molar-refractivity contribution < 1.29 is 9.50 Å². The Labute approximate surface area is 94.1 Å². The maximum absolute atomic E-state index is 13.2. The second-order valence-corrected chi connectivity index (χ2v) is 3.98. The molecule has 0 fully saturated rings. The van der Waals surface area contributed by atoms with Crippen LogP contribution in [0.1, 0.15) is 12.5 Å². The molecule has 84 valence electrons. The lowest BCUT2D eigenvalue weighted by Crippen LogP contribution is -2.26. The first-order valence-electron chi connectivity index (χ1n) is 4.92. The van der Waals surface area contributed by atoms with Gasteiger partial charge in [-0.2, -0.15) is 0 Å². The number of hydrogen-bond acceptors (Lipinski definition) is 2. The molecule has 0 amide bonds. The predicted molar refractivity (Wildman–Crippen MR) is 59.7 cm³/mol. The zero-order valence-corrected chi connectivity index (χ0v) is 9.39. The van der Waals surface area contributed by atoms with Crippen molar-refractivity contribution in [2.24, 2.45) is 0 Å². The quantitative estimate of drug-likeness (QED) is 0.760. The van der Waals surface area contributed by atoms with Crippen LogP contribution in [0, 0.1) is 5.82 Å². The lowest BCUT2D eigenvalue weighted by Gasteiger charge is -2.07. The third kappa shape index (κ3) is 4.60. The van der Waals surface area contributed by atoms with Crippen LogP contribution in [-0.2, 0) is 6.42 Å². The predicted octanol–water partition coefficient (Wildman–Crippen LogP) is 1.99. The molecule has 1 aromatic carbocycles. The summed E-state index contributed by atoms with van der Waals surface area (Å²) in [6, 6.07) is 4.52. The number of aliphatic hydroxyl groups is 1. The van der Waals surface area contributed by atoms with Gasteiger partial charge in [-0.3, -0.25) is 0 Å². The van der Waals surface area contributed by atoms with E-state index in [2.05, 4.69) is 5.32 Å². The Morgan fingerprint density at radius 1 is 1.53 bits per heavy atom. The number of halogens is 2. The van der Waals surface area contributed by atoms with Gasteiger partial charge in [0, 0.05) is 11.6 Å². The molecular formula is C11H15ClFNO. The van der Waals surface area contributed by atoms with Crippen molar-refractivity contribution in [1.82, 2.24) is 5.32 Å². The van der Waals surface area contributed by atoms with Gasteiger partial charge in [-0.15, -0.1) is 0 Å². The minimum absolute atomic E-state index is 0.238. The highest BCUT2D eigenvalue weighted by atomic mass is 35.5. The monoisotopic (exact) mass is 231 g/mol. The van der Waals surface area contributed by atoms with Crippen molar-refractivity contribution in [3.05, 3.63) is 34.6 Å². The smallest absolute Gasteiger partial charge is 0.126 e. The van der Waals surface area contributed by atoms with Crippen LogP contribution < -0.4 is 5.32 Å². The van der Waals surface area contributed by atoms with Gasteiger partial charge in [0.05, 0.1) is 6.10 Å². The van der Waals surface area contributed by atoms with E-state index >= 15 is 0 Å². The summed E-state index contributed by atoms with van der Waals surface area (Å²) in [5.41, 5.74) is 0.598. The van der Waals surface area contributed by atoms with Crippen LogP contribution >= 0.6 is 11.6 Å². The molecule has 0 spiro atoms. The molecule has 2 N–H and O–H groups in total. The topological polar surface area (TPSA) is 32.3 Å². The van der Waals surface area contributed by atoms with E-state index in [1.807, 2.05) is 0 Å². The molecule has 0 saturated heterocycles. The molecule has 0 heterocycles. The van der Waals surface area contributed by atoms with Crippen LogP contribution in [0.2, 0.25) is 5.02 Å². The lowest BCUT2D eigenvalue weighted by atomic mass is 10.1. The lowest BCUT2D eigenvalue weighted by molar-refractivity contribution is 0.191. The summed E-state index contributed by atoms with van der Waals surface area (Å²) in [5, 5.41) is 12.6. The van der Waals surface area contributed by atoms with Crippen LogP contribution in [-0.4, -0.2) is 24.3 Å². The van der Waals surface area contributed by atoms with E-state index in [4.69, 9.17) is 16.7 Å². The van der Waals surface area contributed by atoms with Crippen LogP contribution in [0.25, 0.3) is 0 Å². The number of aliphatic hydroxyl groups excluding tert-OH is 1. The van der Waals surface area contributed by atoms with Gasteiger partial charge in [-0.1, -0.05) is 11.6 Å². The van der Waals surface area contributed by atoms with E-state index in [-0.39, 0.29) is 11.9 Å². The molecule has 1 unspecified atom stereocenters. The first kappa shape index (κ1) is 12.4. The van der Waals surface area contributed by atoms with E-state index in [0.29, 0.717) is 30.1 Å². The molecule has 0 aliphatic rings. The van der Waals surface area contributed by atoms with E-state index in [1.165, 1.54) is 12.1 Å². The Morgan fingerprint density at radius 2 is 2.27 bits per heavy atom. The molecule has 1 atom stereocenters. The largest absolute Gasteiger partial charge is 0.392 e. The minimum Gasteiger partial charge on any atom is -0.392 e. The molecule has 15 heavy (non-hydrogen) atoms. The summed E-state index contributed by atoms with van der Waals surface area (Å²) < 4.78 is 13.2. The summed E-state index contributed by atoms with van der Waals surface area (Å²) >= 11 is 5.75. The Morgan fingerprint density at radius 3 is 2.93 bits per heavy atom. The molecule has 1 aromatic rings. The second-order valence-electron chi connectivity index (χ2n) is 3.54. The summed E-state index contributed by atoms with van der Waals surface area (Å²) in [5.74, 6) is -0.238. The van der Waals surface area contributed by atoms with E-state index in [9.17, 15) is 4.39 Å². The molecule has 0 aliphatic carbocycles. The fraction of sp³-hybridized carbons (Fsp3) is 0.455. The van der Waals surface area contributed by atoms with E-state index in [0.717, 1.165) is 0 Å². The fourth-order valence-electron chi connectivity index (χ4n) is 1.27. The summed E-state index contributed by atoms with van der Waals surface area (Å²) in [6.07, 6.45) is 0.188. The third-order valence-corrected chi connectivity index (χ3v) is 2.25. The van der Waals surface area contributed by atoms with Gasteiger partial charge < -0.3 is 10.4 Å². The first-order valence-corrected chi connectivity index (χ1v) is 5.30. The van der Waals surface area contributed by atoms with Crippen LogP contribution in [0.3, 0.4) is 0 Å². The second kappa shape index (κ2) is 6.05. The highest BCUT2D eigenvalue weighted by Gasteiger charge is 2.02. The SMILES string of the molecule is CC(O)CNCCc1cc(Cl)ccc1F. The van der Waals surface area contributed by atoms with Crippen molar-refractivity contribution >= 4 is 11.6 Å². The highest BCUT2D eigenvalue weighted by Crippen LogP contribution is 2.14. The molecule has 0 radical (unpaired) electrons. The van der Waals surface area contributed by atoms with Crippen molar-refractivity contribution in [3.63, 3.8) is 0 Å². The molecule has 0 saturated carbocycles. The first-order chi connectivity index (χ1) is 7.09. The third-order valence-electron chi connectivity index (χ3n) is 2.02. The van der Waals surface area contributed by atoms with Gasteiger partial charge in [0.2, 0.25) is 0 Å². The Hall–Kier alpha value is -0.640.